The minimum absolute atomic E-state index is 0.0803. The third-order valence-electron chi connectivity index (χ3n) is 3.90. The number of aromatic amines is 1. The lowest BCUT2D eigenvalue weighted by Crippen LogP contribution is -2.26. The molecule has 1 aromatic heterocycles. The van der Waals surface area contributed by atoms with Gasteiger partial charge in [-0.1, -0.05) is 30.3 Å². The Labute approximate surface area is 139 Å². The van der Waals surface area contributed by atoms with E-state index in [4.69, 9.17) is 0 Å². The van der Waals surface area contributed by atoms with E-state index in [0.29, 0.717) is 17.8 Å². The standard InChI is InChI=1S/C19H18N2O3/c1-21(12-13-7-9-14(10-8-13)19(23)24-2)18(22)17-11-15-5-3-4-6-16(15)20-17/h3-11,20H,12H2,1-2H3. The quantitative estimate of drug-likeness (QED) is 0.750. The highest BCUT2D eigenvalue weighted by molar-refractivity contribution is 5.97. The fourth-order valence-electron chi connectivity index (χ4n) is 2.60. The number of rotatable bonds is 4. The molecule has 3 aromatic rings. The van der Waals surface area contributed by atoms with Crippen molar-refractivity contribution in [3.8, 4) is 0 Å². The Balaban J connectivity index is 1.72. The molecule has 5 heteroatoms. The second kappa shape index (κ2) is 6.58. The summed E-state index contributed by atoms with van der Waals surface area (Å²) in [6, 6.07) is 16.7. The third kappa shape index (κ3) is 3.15. The van der Waals surface area contributed by atoms with Crippen molar-refractivity contribution in [2.45, 2.75) is 6.54 Å². The van der Waals surface area contributed by atoms with Crippen molar-refractivity contribution < 1.29 is 14.3 Å². The number of amides is 1. The number of nitrogens with one attached hydrogen (secondary N) is 1. The Bertz CT molecular complexity index is 848. The van der Waals surface area contributed by atoms with Crippen LogP contribution in [0.1, 0.15) is 26.4 Å². The van der Waals surface area contributed by atoms with E-state index >= 15 is 0 Å². The van der Waals surface area contributed by atoms with Crippen LogP contribution in [0, 0.1) is 0 Å². The monoisotopic (exact) mass is 322 g/mol. The summed E-state index contributed by atoms with van der Waals surface area (Å²) in [6.07, 6.45) is 0. The molecule has 1 amide bonds. The summed E-state index contributed by atoms with van der Waals surface area (Å²) in [6.45, 7) is 0.454. The van der Waals surface area contributed by atoms with Gasteiger partial charge in [0.15, 0.2) is 0 Å². The fraction of sp³-hybridized carbons (Fsp3) is 0.158. The number of benzene rings is 2. The smallest absolute Gasteiger partial charge is 0.337 e. The van der Waals surface area contributed by atoms with Gasteiger partial charge >= 0.3 is 5.97 Å². The van der Waals surface area contributed by atoms with Crippen LogP contribution in [0.3, 0.4) is 0 Å². The number of hydrogen-bond acceptors (Lipinski definition) is 3. The van der Waals surface area contributed by atoms with Crippen LogP contribution < -0.4 is 0 Å². The molecule has 24 heavy (non-hydrogen) atoms. The van der Waals surface area contributed by atoms with Crippen molar-refractivity contribution in [1.82, 2.24) is 9.88 Å². The maximum absolute atomic E-state index is 12.6. The number of H-pyrrole nitrogens is 1. The van der Waals surface area contributed by atoms with Crippen molar-refractivity contribution in [1.29, 1.82) is 0 Å². The average Bonchev–Trinajstić information content (AvgIpc) is 3.05. The number of carbonyl (C=O) groups is 2. The number of para-hydroxylation sites is 1. The zero-order valence-corrected chi connectivity index (χ0v) is 13.6. The maximum atomic E-state index is 12.6. The van der Waals surface area contributed by atoms with Crippen molar-refractivity contribution >= 4 is 22.8 Å². The van der Waals surface area contributed by atoms with Gasteiger partial charge in [0, 0.05) is 24.5 Å². The summed E-state index contributed by atoms with van der Waals surface area (Å²) in [5.74, 6) is -0.452. The number of carbonyl (C=O) groups excluding carboxylic acids is 2. The molecule has 0 aliphatic heterocycles. The summed E-state index contributed by atoms with van der Waals surface area (Å²) >= 11 is 0. The molecule has 0 aliphatic rings. The first-order chi connectivity index (χ1) is 11.6. The van der Waals surface area contributed by atoms with Crippen LogP contribution in [0.25, 0.3) is 10.9 Å². The van der Waals surface area contributed by atoms with Gasteiger partial charge in [-0.15, -0.1) is 0 Å². The van der Waals surface area contributed by atoms with Crippen LogP contribution in [0.4, 0.5) is 0 Å². The summed E-state index contributed by atoms with van der Waals surface area (Å²) in [7, 11) is 3.10. The second-order valence-corrected chi connectivity index (χ2v) is 5.62. The first-order valence-electron chi connectivity index (χ1n) is 7.59. The first-order valence-corrected chi connectivity index (χ1v) is 7.59. The van der Waals surface area contributed by atoms with Gasteiger partial charge in [0.25, 0.3) is 5.91 Å². The van der Waals surface area contributed by atoms with Gasteiger partial charge in [0.1, 0.15) is 5.69 Å². The number of hydrogen-bond donors (Lipinski definition) is 1. The molecule has 0 saturated carbocycles. The second-order valence-electron chi connectivity index (χ2n) is 5.62. The van der Waals surface area contributed by atoms with Gasteiger partial charge in [-0.3, -0.25) is 4.79 Å². The van der Waals surface area contributed by atoms with E-state index in [2.05, 4.69) is 9.72 Å². The number of esters is 1. The van der Waals surface area contributed by atoms with Gasteiger partial charge < -0.3 is 14.6 Å². The minimum atomic E-state index is -0.371. The molecule has 0 saturated heterocycles. The minimum Gasteiger partial charge on any atom is -0.465 e. The lowest BCUT2D eigenvalue weighted by atomic mass is 10.1. The molecule has 0 bridgehead atoms. The summed E-state index contributed by atoms with van der Waals surface area (Å²) in [5.41, 5.74) is 2.93. The van der Waals surface area contributed by atoms with Gasteiger partial charge in [0.2, 0.25) is 0 Å². The largest absolute Gasteiger partial charge is 0.465 e. The van der Waals surface area contributed by atoms with E-state index in [1.54, 1.807) is 24.1 Å². The topological polar surface area (TPSA) is 62.4 Å². The highest BCUT2D eigenvalue weighted by Gasteiger charge is 2.15. The Kier molecular flexibility index (Phi) is 4.33. The zero-order chi connectivity index (χ0) is 17.1. The SMILES string of the molecule is COC(=O)c1ccc(CN(C)C(=O)c2cc3ccccc3[nH]2)cc1. The number of nitrogens with zero attached hydrogens (tertiary/aromatic N) is 1. The van der Waals surface area contributed by atoms with Crippen LogP contribution >= 0.6 is 0 Å². The Morgan fingerprint density at radius 1 is 1.08 bits per heavy atom. The molecular formula is C19H18N2O3. The van der Waals surface area contributed by atoms with Crippen LogP contribution in [-0.4, -0.2) is 35.9 Å². The zero-order valence-electron chi connectivity index (χ0n) is 13.6. The first kappa shape index (κ1) is 15.8. The van der Waals surface area contributed by atoms with Crippen molar-refractivity contribution in [3.05, 3.63) is 71.4 Å². The molecule has 5 nitrogen and oxygen atoms in total. The highest BCUT2D eigenvalue weighted by Crippen LogP contribution is 2.16. The van der Waals surface area contributed by atoms with Crippen molar-refractivity contribution in [2.24, 2.45) is 0 Å². The van der Waals surface area contributed by atoms with E-state index in [9.17, 15) is 9.59 Å². The molecule has 0 unspecified atom stereocenters. The van der Waals surface area contributed by atoms with Crippen LogP contribution in [0.2, 0.25) is 0 Å². The Morgan fingerprint density at radius 3 is 2.46 bits per heavy atom. The Morgan fingerprint density at radius 2 is 1.79 bits per heavy atom. The van der Waals surface area contributed by atoms with Gasteiger partial charge in [0.05, 0.1) is 12.7 Å². The normalized spacial score (nSPS) is 10.6. The van der Waals surface area contributed by atoms with Crippen LogP contribution in [-0.2, 0) is 11.3 Å². The number of methoxy groups -OCH3 is 1. The van der Waals surface area contributed by atoms with Gasteiger partial charge in [-0.25, -0.2) is 4.79 Å². The Hall–Kier alpha value is -3.08. The molecular weight excluding hydrogens is 304 g/mol. The number of aromatic nitrogens is 1. The third-order valence-corrected chi connectivity index (χ3v) is 3.90. The molecule has 0 radical (unpaired) electrons. The van der Waals surface area contributed by atoms with Crippen molar-refractivity contribution in [3.63, 3.8) is 0 Å². The predicted octanol–water partition coefficient (Wildman–Crippen LogP) is 3.23. The maximum Gasteiger partial charge on any atom is 0.337 e. The lowest BCUT2D eigenvalue weighted by Gasteiger charge is -2.16. The van der Waals surface area contributed by atoms with E-state index in [1.807, 2.05) is 42.5 Å². The average molecular weight is 322 g/mol. The van der Waals surface area contributed by atoms with E-state index < -0.39 is 0 Å². The number of fused-ring (bicyclic) bond motifs is 1. The van der Waals surface area contributed by atoms with E-state index in [1.165, 1.54) is 7.11 Å². The molecule has 0 spiro atoms. The summed E-state index contributed by atoms with van der Waals surface area (Å²) in [5, 5.41) is 1.01. The molecule has 0 fully saturated rings. The molecule has 122 valence electrons. The molecule has 3 rings (SSSR count). The highest BCUT2D eigenvalue weighted by atomic mass is 16.5. The molecule has 1 heterocycles. The van der Waals surface area contributed by atoms with E-state index in [-0.39, 0.29) is 11.9 Å². The van der Waals surface area contributed by atoms with Gasteiger partial charge in [-0.2, -0.15) is 0 Å². The van der Waals surface area contributed by atoms with Crippen LogP contribution in [0.15, 0.2) is 54.6 Å². The number of ether oxygens (including phenoxy) is 1. The molecule has 1 N–H and O–H groups in total. The van der Waals surface area contributed by atoms with Crippen LogP contribution in [0.5, 0.6) is 0 Å². The fourth-order valence-corrected chi connectivity index (χ4v) is 2.60. The molecule has 0 aliphatic carbocycles. The summed E-state index contributed by atoms with van der Waals surface area (Å²) in [4.78, 5) is 28.8. The lowest BCUT2D eigenvalue weighted by molar-refractivity contribution is 0.0600. The van der Waals surface area contributed by atoms with Crippen molar-refractivity contribution in [2.75, 3.05) is 14.2 Å². The molecule has 0 atom stereocenters. The summed E-state index contributed by atoms with van der Waals surface area (Å²) < 4.78 is 4.67. The molecule has 2 aromatic carbocycles. The van der Waals surface area contributed by atoms with E-state index in [0.717, 1.165) is 16.5 Å². The van der Waals surface area contributed by atoms with Gasteiger partial charge in [-0.05, 0) is 29.8 Å². The predicted molar refractivity (Wildman–Crippen MR) is 91.9 cm³/mol.